The van der Waals surface area contributed by atoms with Crippen LogP contribution in [0.3, 0.4) is 0 Å². The normalized spacial score (nSPS) is 10.4. The summed E-state index contributed by atoms with van der Waals surface area (Å²) in [5, 5.41) is 28.7. The van der Waals surface area contributed by atoms with Crippen LogP contribution in [0, 0.1) is 27.2 Å². The van der Waals surface area contributed by atoms with E-state index in [1.807, 2.05) is 19.1 Å². The van der Waals surface area contributed by atoms with E-state index < -0.39 is 15.8 Å². The molecule has 32 heavy (non-hydrogen) atoms. The summed E-state index contributed by atoms with van der Waals surface area (Å²) in [5.41, 5.74) is 0.640. The van der Waals surface area contributed by atoms with Gasteiger partial charge in [-0.3, -0.25) is 29.7 Å². The van der Waals surface area contributed by atoms with Crippen molar-refractivity contribution in [2.45, 2.75) is 19.9 Å². The number of methoxy groups -OCH3 is 1. The maximum absolute atomic E-state index is 12.3. The van der Waals surface area contributed by atoms with Gasteiger partial charge in [0.25, 0.3) is 5.69 Å². The molecule has 2 aromatic carbocycles. The fourth-order valence-corrected chi connectivity index (χ4v) is 2.78. The molecule has 0 saturated carbocycles. The highest BCUT2D eigenvalue weighted by molar-refractivity contribution is 5.91. The van der Waals surface area contributed by atoms with Crippen LogP contribution < -0.4 is 14.8 Å². The third-order valence-corrected chi connectivity index (χ3v) is 4.31. The van der Waals surface area contributed by atoms with E-state index >= 15 is 0 Å². The number of carbonyl (C=O) groups excluding carboxylic acids is 1. The minimum atomic E-state index is -0.638. The van der Waals surface area contributed by atoms with Crippen molar-refractivity contribution in [2.24, 2.45) is 0 Å². The molecular formula is C20H19N5O7. The van der Waals surface area contributed by atoms with E-state index in [0.717, 1.165) is 11.8 Å². The average molecular weight is 441 g/mol. The lowest BCUT2D eigenvalue weighted by Gasteiger charge is -2.10. The van der Waals surface area contributed by atoms with Crippen molar-refractivity contribution in [3.8, 4) is 17.4 Å². The quantitative estimate of drug-likeness (QED) is 0.388. The van der Waals surface area contributed by atoms with E-state index in [0.29, 0.717) is 5.75 Å². The molecule has 3 aromatic rings. The Morgan fingerprint density at radius 3 is 2.41 bits per heavy atom. The molecule has 1 heterocycles. The number of anilines is 1. The Kier molecular flexibility index (Phi) is 6.63. The van der Waals surface area contributed by atoms with Gasteiger partial charge in [0.2, 0.25) is 5.91 Å². The van der Waals surface area contributed by atoms with Crippen LogP contribution in [0.5, 0.6) is 17.4 Å². The van der Waals surface area contributed by atoms with Gasteiger partial charge in [-0.05, 0) is 19.1 Å². The lowest BCUT2D eigenvalue weighted by Crippen LogP contribution is -2.15. The molecule has 0 saturated heterocycles. The predicted molar refractivity (Wildman–Crippen MR) is 113 cm³/mol. The van der Waals surface area contributed by atoms with E-state index in [9.17, 15) is 25.0 Å². The number of amides is 1. The highest BCUT2D eigenvalue weighted by atomic mass is 16.6. The van der Waals surface area contributed by atoms with E-state index in [1.165, 1.54) is 30.0 Å². The second-order valence-corrected chi connectivity index (χ2v) is 6.73. The monoisotopic (exact) mass is 441 g/mol. The largest absolute Gasteiger partial charge is 0.475 e. The molecule has 12 nitrogen and oxygen atoms in total. The van der Waals surface area contributed by atoms with E-state index in [1.54, 1.807) is 12.1 Å². The first-order valence-corrected chi connectivity index (χ1v) is 9.35. The van der Waals surface area contributed by atoms with Crippen LogP contribution in [0.1, 0.15) is 12.0 Å². The Bertz CT molecular complexity index is 1160. The molecular weight excluding hydrogens is 422 g/mol. The zero-order valence-corrected chi connectivity index (χ0v) is 17.2. The number of carbonyl (C=O) groups is 1. The number of nitrogens with one attached hydrogen (secondary N) is 1. The van der Waals surface area contributed by atoms with E-state index in [4.69, 9.17) is 9.47 Å². The molecule has 0 aliphatic carbocycles. The van der Waals surface area contributed by atoms with Crippen LogP contribution in [0.15, 0.2) is 48.7 Å². The first-order chi connectivity index (χ1) is 15.2. The Morgan fingerprint density at radius 1 is 1.09 bits per heavy atom. The molecule has 0 fully saturated rings. The molecule has 0 radical (unpaired) electrons. The molecule has 3 rings (SSSR count). The van der Waals surface area contributed by atoms with Crippen molar-refractivity contribution >= 4 is 23.0 Å². The van der Waals surface area contributed by atoms with Gasteiger partial charge >= 0.3 is 11.6 Å². The number of nitrogens with zero attached hydrogens (tertiary/aromatic N) is 4. The molecule has 12 heteroatoms. The SMILES string of the molecule is COc1nn(CCC(=O)Nc2cc(Oc3ccc(C)cc3)cc([N+](=O)[O-])c2)cc1[N+](=O)[O-]. The lowest BCUT2D eigenvalue weighted by molar-refractivity contribution is -0.385. The topological polar surface area (TPSA) is 152 Å². The summed E-state index contributed by atoms with van der Waals surface area (Å²) < 4.78 is 11.7. The molecule has 0 bridgehead atoms. The second-order valence-electron chi connectivity index (χ2n) is 6.73. The number of hydrogen-bond donors (Lipinski definition) is 1. The molecule has 1 amide bonds. The number of rotatable bonds is 9. The van der Waals surface area contributed by atoms with Crippen LogP contribution in [0.2, 0.25) is 0 Å². The van der Waals surface area contributed by atoms with Crippen molar-refractivity contribution in [3.05, 3.63) is 74.5 Å². The van der Waals surface area contributed by atoms with Crippen molar-refractivity contribution in [1.82, 2.24) is 9.78 Å². The molecule has 1 N–H and O–H groups in total. The Balaban J connectivity index is 1.70. The number of ether oxygens (including phenoxy) is 2. The number of aryl methyl sites for hydroxylation is 2. The number of non-ortho nitro benzene ring substituents is 1. The minimum absolute atomic E-state index is 0.0394. The number of nitro benzene ring substituents is 1. The zero-order chi connectivity index (χ0) is 23.3. The van der Waals surface area contributed by atoms with Gasteiger partial charge in [0.15, 0.2) is 0 Å². The minimum Gasteiger partial charge on any atom is -0.475 e. The Morgan fingerprint density at radius 2 is 1.81 bits per heavy atom. The third kappa shape index (κ3) is 5.56. The first kappa shape index (κ1) is 22.2. The van der Waals surface area contributed by atoms with Gasteiger partial charge in [0, 0.05) is 18.6 Å². The zero-order valence-electron chi connectivity index (χ0n) is 17.2. The van der Waals surface area contributed by atoms with Gasteiger partial charge in [-0.2, -0.15) is 0 Å². The van der Waals surface area contributed by atoms with Gasteiger partial charge in [-0.25, -0.2) is 0 Å². The summed E-state index contributed by atoms with van der Waals surface area (Å²) in [6.07, 6.45) is 1.08. The fourth-order valence-electron chi connectivity index (χ4n) is 2.78. The van der Waals surface area contributed by atoms with Crippen molar-refractivity contribution < 1.29 is 24.1 Å². The number of nitro groups is 2. The number of aromatic nitrogens is 2. The number of benzene rings is 2. The van der Waals surface area contributed by atoms with Crippen molar-refractivity contribution in [3.63, 3.8) is 0 Å². The molecule has 0 unspecified atom stereocenters. The molecule has 0 aliphatic rings. The van der Waals surface area contributed by atoms with Crippen LogP contribution in [0.25, 0.3) is 0 Å². The molecule has 1 aromatic heterocycles. The molecule has 0 spiro atoms. The van der Waals surface area contributed by atoms with Crippen LogP contribution in [0.4, 0.5) is 17.1 Å². The first-order valence-electron chi connectivity index (χ1n) is 9.35. The fraction of sp³-hybridized carbons (Fsp3) is 0.200. The second kappa shape index (κ2) is 9.55. The maximum Gasteiger partial charge on any atom is 0.350 e. The predicted octanol–water partition coefficient (Wildman–Crippen LogP) is 3.84. The third-order valence-electron chi connectivity index (χ3n) is 4.31. The standard InChI is InChI=1S/C20H19N5O7/c1-13-3-5-16(6-4-13)32-17-10-14(9-15(11-17)24(27)28)21-19(26)7-8-23-12-18(25(29)30)20(22-23)31-2/h3-6,9-12H,7-8H2,1-2H3,(H,21,26). The number of hydrogen-bond acceptors (Lipinski definition) is 8. The summed E-state index contributed by atoms with van der Waals surface area (Å²) >= 11 is 0. The van der Waals surface area contributed by atoms with Gasteiger partial charge in [-0.15, -0.1) is 5.10 Å². The summed E-state index contributed by atoms with van der Waals surface area (Å²) in [4.78, 5) is 33.4. The van der Waals surface area contributed by atoms with Crippen LogP contribution >= 0.6 is 0 Å². The average Bonchev–Trinajstić information content (AvgIpc) is 3.17. The van der Waals surface area contributed by atoms with Gasteiger partial charge in [0.1, 0.15) is 17.7 Å². The smallest absolute Gasteiger partial charge is 0.350 e. The van der Waals surface area contributed by atoms with Crippen molar-refractivity contribution in [1.29, 1.82) is 0 Å². The molecule has 0 aliphatic heterocycles. The van der Waals surface area contributed by atoms with Crippen LogP contribution in [-0.4, -0.2) is 32.6 Å². The highest BCUT2D eigenvalue weighted by Crippen LogP contribution is 2.30. The van der Waals surface area contributed by atoms with Gasteiger partial charge in [0.05, 0.1) is 35.3 Å². The molecule has 166 valence electrons. The van der Waals surface area contributed by atoms with Crippen molar-refractivity contribution in [2.75, 3.05) is 12.4 Å². The highest BCUT2D eigenvalue weighted by Gasteiger charge is 2.20. The molecule has 0 atom stereocenters. The van der Waals surface area contributed by atoms with E-state index in [2.05, 4.69) is 10.4 Å². The summed E-state index contributed by atoms with van der Waals surface area (Å²) in [7, 11) is 1.25. The van der Waals surface area contributed by atoms with Gasteiger partial charge < -0.3 is 14.8 Å². The Hall–Kier alpha value is -4.48. The summed E-state index contributed by atoms with van der Waals surface area (Å²) in [6.45, 7) is 1.96. The van der Waals surface area contributed by atoms with Crippen LogP contribution in [-0.2, 0) is 11.3 Å². The lowest BCUT2D eigenvalue weighted by atomic mass is 10.2. The van der Waals surface area contributed by atoms with Gasteiger partial charge in [-0.1, -0.05) is 17.7 Å². The van der Waals surface area contributed by atoms with E-state index in [-0.39, 0.29) is 41.7 Å². The summed E-state index contributed by atoms with van der Waals surface area (Å²) in [5.74, 6) is 0.0456. The summed E-state index contributed by atoms with van der Waals surface area (Å²) in [6, 6.07) is 11.1. The maximum atomic E-state index is 12.3. The Labute approximate surface area is 181 Å².